The Kier molecular flexibility index (Phi) is 4.89. The number of anilines is 1. The van der Waals surface area contributed by atoms with Crippen molar-refractivity contribution in [2.45, 2.75) is 32.1 Å². The molecule has 1 amide bonds. The zero-order valence-electron chi connectivity index (χ0n) is 10.8. The number of carboxylic acids is 1. The number of hydrogen-bond donors (Lipinski definition) is 2. The van der Waals surface area contributed by atoms with Crippen LogP contribution in [0.25, 0.3) is 0 Å². The van der Waals surface area contributed by atoms with E-state index in [1.165, 1.54) is 12.1 Å². The number of benzene rings is 1. The molecule has 1 saturated carbocycles. The highest BCUT2D eigenvalue weighted by molar-refractivity contribution is 6.38. The van der Waals surface area contributed by atoms with Crippen molar-refractivity contribution in [1.82, 2.24) is 0 Å². The van der Waals surface area contributed by atoms with Gasteiger partial charge in [-0.05, 0) is 30.9 Å². The van der Waals surface area contributed by atoms with Gasteiger partial charge in [0.15, 0.2) is 0 Å². The lowest BCUT2D eigenvalue weighted by atomic mass is 10.0. The Labute approximate surface area is 127 Å². The van der Waals surface area contributed by atoms with E-state index in [9.17, 15) is 14.7 Å². The van der Waals surface area contributed by atoms with Crippen molar-refractivity contribution in [2.24, 2.45) is 5.92 Å². The minimum atomic E-state index is -1.21. The second kappa shape index (κ2) is 6.46. The molecule has 6 heteroatoms. The van der Waals surface area contributed by atoms with Gasteiger partial charge < -0.3 is 10.4 Å². The van der Waals surface area contributed by atoms with E-state index in [0.717, 1.165) is 25.7 Å². The molecule has 2 N–H and O–H groups in total. The van der Waals surface area contributed by atoms with Gasteiger partial charge >= 0.3 is 5.97 Å². The number of carboxylic acid groups (broad SMARTS) is 1. The molecule has 0 saturated heterocycles. The summed E-state index contributed by atoms with van der Waals surface area (Å²) in [7, 11) is 0. The Hall–Kier alpha value is -1.26. The van der Waals surface area contributed by atoms with Crippen LogP contribution in [-0.2, 0) is 4.79 Å². The minimum absolute atomic E-state index is 0.0538. The first-order chi connectivity index (χ1) is 9.49. The van der Waals surface area contributed by atoms with E-state index in [2.05, 4.69) is 5.32 Å². The van der Waals surface area contributed by atoms with Gasteiger partial charge in [0.25, 0.3) is 0 Å². The van der Waals surface area contributed by atoms with E-state index < -0.39 is 5.97 Å². The second-order valence-corrected chi connectivity index (χ2v) is 5.80. The van der Waals surface area contributed by atoms with E-state index in [0.29, 0.717) is 12.3 Å². The number of carbonyl (C=O) groups is 2. The van der Waals surface area contributed by atoms with Gasteiger partial charge in [-0.15, -0.1) is 0 Å². The lowest BCUT2D eigenvalue weighted by Gasteiger charge is -2.13. The van der Waals surface area contributed by atoms with E-state index in [1.807, 2.05) is 0 Å². The average molecular weight is 316 g/mol. The van der Waals surface area contributed by atoms with Gasteiger partial charge in [0, 0.05) is 6.42 Å². The number of aromatic carboxylic acids is 1. The summed E-state index contributed by atoms with van der Waals surface area (Å²) in [4.78, 5) is 23.2. The molecule has 0 aliphatic heterocycles. The Morgan fingerprint density at radius 3 is 2.40 bits per heavy atom. The predicted octanol–water partition coefficient (Wildman–Crippen LogP) is 4.21. The first-order valence-electron chi connectivity index (χ1n) is 6.50. The molecule has 1 fully saturated rings. The maximum absolute atomic E-state index is 12.0. The third-order valence-corrected chi connectivity index (χ3v) is 4.16. The molecule has 1 aromatic carbocycles. The smallest absolute Gasteiger partial charge is 0.339 e. The molecule has 0 atom stereocenters. The lowest BCUT2D eigenvalue weighted by Crippen LogP contribution is -2.17. The summed E-state index contributed by atoms with van der Waals surface area (Å²) in [6.45, 7) is 0. The molecule has 0 heterocycles. The number of hydrogen-bond acceptors (Lipinski definition) is 2. The molecule has 1 aliphatic carbocycles. The molecular formula is C14H15Cl2NO3. The summed E-state index contributed by atoms with van der Waals surface area (Å²) < 4.78 is 0. The van der Waals surface area contributed by atoms with Crippen LogP contribution in [0.15, 0.2) is 12.1 Å². The van der Waals surface area contributed by atoms with Crippen molar-refractivity contribution in [3.05, 3.63) is 27.7 Å². The van der Waals surface area contributed by atoms with Crippen molar-refractivity contribution in [1.29, 1.82) is 0 Å². The highest BCUT2D eigenvalue weighted by Gasteiger charge is 2.22. The van der Waals surface area contributed by atoms with Gasteiger partial charge in [0.1, 0.15) is 5.56 Å². The second-order valence-electron chi connectivity index (χ2n) is 4.99. The average Bonchev–Trinajstić information content (AvgIpc) is 2.86. The molecule has 0 bridgehead atoms. The van der Waals surface area contributed by atoms with Crippen LogP contribution in [0, 0.1) is 5.92 Å². The lowest BCUT2D eigenvalue weighted by molar-refractivity contribution is -0.117. The van der Waals surface area contributed by atoms with Gasteiger partial charge in [-0.3, -0.25) is 4.79 Å². The van der Waals surface area contributed by atoms with Crippen LogP contribution in [0.5, 0.6) is 0 Å². The molecular weight excluding hydrogens is 301 g/mol. The summed E-state index contributed by atoms with van der Waals surface area (Å²) in [5.74, 6) is -1.06. The van der Waals surface area contributed by atoms with Crippen molar-refractivity contribution in [3.8, 4) is 0 Å². The summed E-state index contributed by atoms with van der Waals surface area (Å²) in [6, 6.07) is 2.88. The van der Waals surface area contributed by atoms with Gasteiger partial charge in [-0.2, -0.15) is 0 Å². The topological polar surface area (TPSA) is 66.4 Å². The highest BCUT2D eigenvalue weighted by Crippen LogP contribution is 2.33. The van der Waals surface area contributed by atoms with Crippen LogP contribution >= 0.6 is 23.2 Å². The van der Waals surface area contributed by atoms with Crippen molar-refractivity contribution < 1.29 is 14.7 Å². The van der Waals surface area contributed by atoms with Gasteiger partial charge in [0.05, 0.1) is 15.7 Å². The van der Waals surface area contributed by atoms with Gasteiger partial charge in [-0.1, -0.05) is 36.0 Å². The van der Waals surface area contributed by atoms with Crippen molar-refractivity contribution >= 4 is 40.8 Å². The highest BCUT2D eigenvalue weighted by atomic mass is 35.5. The van der Waals surface area contributed by atoms with Crippen LogP contribution in [0.2, 0.25) is 10.0 Å². The van der Waals surface area contributed by atoms with Crippen molar-refractivity contribution in [2.75, 3.05) is 5.32 Å². The molecule has 0 unspecified atom stereocenters. The van der Waals surface area contributed by atoms with E-state index in [4.69, 9.17) is 23.2 Å². The minimum Gasteiger partial charge on any atom is -0.478 e. The number of amides is 1. The molecule has 20 heavy (non-hydrogen) atoms. The first kappa shape index (κ1) is 15.1. The number of nitrogens with one attached hydrogen (secondary N) is 1. The Balaban J connectivity index is 2.17. The quantitative estimate of drug-likeness (QED) is 0.874. The summed E-state index contributed by atoms with van der Waals surface area (Å²) in [5.41, 5.74) is -0.0893. The Morgan fingerprint density at radius 2 is 1.80 bits per heavy atom. The number of carbonyl (C=O) groups excluding carboxylic acids is 1. The standard InChI is InChI=1S/C14H15Cl2NO3/c15-9-5-6-10(16)13(12(9)14(19)20)17-11(18)7-8-3-1-2-4-8/h5-6,8H,1-4,7H2,(H,17,18)(H,19,20). The molecule has 1 aliphatic rings. The first-order valence-corrected chi connectivity index (χ1v) is 7.25. The summed E-state index contributed by atoms with van der Waals surface area (Å²) in [5, 5.41) is 12.0. The molecule has 2 rings (SSSR count). The Morgan fingerprint density at radius 1 is 1.20 bits per heavy atom. The monoisotopic (exact) mass is 315 g/mol. The van der Waals surface area contributed by atoms with E-state index in [-0.39, 0.29) is 27.2 Å². The number of halogens is 2. The Bertz CT molecular complexity index is 539. The summed E-state index contributed by atoms with van der Waals surface area (Å²) in [6.07, 6.45) is 4.78. The van der Waals surface area contributed by atoms with E-state index in [1.54, 1.807) is 0 Å². The predicted molar refractivity (Wildman–Crippen MR) is 78.6 cm³/mol. The fourth-order valence-corrected chi connectivity index (χ4v) is 2.99. The maximum Gasteiger partial charge on any atom is 0.339 e. The van der Waals surface area contributed by atoms with Crippen LogP contribution in [0.3, 0.4) is 0 Å². The molecule has 0 radical (unpaired) electrons. The van der Waals surface area contributed by atoms with Gasteiger partial charge in [0.2, 0.25) is 5.91 Å². The maximum atomic E-state index is 12.0. The summed E-state index contributed by atoms with van der Waals surface area (Å²) >= 11 is 11.8. The molecule has 4 nitrogen and oxygen atoms in total. The van der Waals surface area contributed by atoms with Crippen LogP contribution in [-0.4, -0.2) is 17.0 Å². The zero-order valence-corrected chi connectivity index (χ0v) is 12.3. The molecule has 0 spiro atoms. The fraction of sp³-hybridized carbons (Fsp3) is 0.429. The van der Waals surface area contributed by atoms with Crippen LogP contribution in [0.4, 0.5) is 5.69 Å². The van der Waals surface area contributed by atoms with Crippen molar-refractivity contribution in [3.63, 3.8) is 0 Å². The fourth-order valence-electron chi connectivity index (χ4n) is 2.55. The zero-order chi connectivity index (χ0) is 14.7. The number of rotatable bonds is 4. The van der Waals surface area contributed by atoms with Crippen LogP contribution in [0.1, 0.15) is 42.5 Å². The third kappa shape index (κ3) is 3.44. The van der Waals surface area contributed by atoms with Gasteiger partial charge in [-0.25, -0.2) is 4.79 Å². The normalized spacial score (nSPS) is 15.3. The third-order valence-electron chi connectivity index (χ3n) is 3.53. The molecule has 0 aromatic heterocycles. The molecule has 108 valence electrons. The van der Waals surface area contributed by atoms with Crippen LogP contribution < -0.4 is 5.32 Å². The van der Waals surface area contributed by atoms with E-state index >= 15 is 0 Å². The largest absolute Gasteiger partial charge is 0.478 e. The molecule has 1 aromatic rings. The SMILES string of the molecule is O=C(CC1CCCC1)Nc1c(Cl)ccc(Cl)c1C(=O)O.